The van der Waals surface area contributed by atoms with Crippen LogP contribution in [0, 0.1) is 0 Å². The van der Waals surface area contributed by atoms with Crippen molar-refractivity contribution < 1.29 is 23.1 Å². The molecule has 9 heteroatoms. The van der Waals surface area contributed by atoms with Gasteiger partial charge in [0.25, 0.3) is 0 Å². The van der Waals surface area contributed by atoms with Crippen LogP contribution in [0.2, 0.25) is 0 Å². The lowest BCUT2D eigenvalue weighted by Crippen LogP contribution is -2.32. The number of amides is 1. The smallest absolute Gasteiger partial charge is 0.337 e. The Hall–Kier alpha value is -2.13. The van der Waals surface area contributed by atoms with Gasteiger partial charge in [0.2, 0.25) is 15.9 Å². The Morgan fingerprint density at radius 3 is 2.52 bits per heavy atom. The van der Waals surface area contributed by atoms with E-state index in [0.29, 0.717) is 0 Å². The highest BCUT2D eigenvalue weighted by atomic mass is 32.2. The van der Waals surface area contributed by atoms with Crippen LogP contribution in [0.3, 0.4) is 0 Å². The summed E-state index contributed by atoms with van der Waals surface area (Å²) in [5.41, 5.74) is 5.23. The van der Waals surface area contributed by atoms with Gasteiger partial charge in [-0.3, -0.25) is 4.79 Å². The van der Waals surface area contributed by atoms with Crippen molar-refractivity contribution in [3.8, 4) is 0 Å². The minimum absolute atomic E-state index is 0.0242. The SMILES string of the molecule is CNC(=O)CCN(C)S(=O)(=O)c1ccc(N)cc1C(=O)O. The quantitative estimate of drug-likeness (QED) is 0.619. The van der Waals surface area contributed by atoms with Crippen LogP contribution in [-0.2, 0) is 14.8 Å². The third-order valence-electron chi connectivity index (χ3n) is 2.85. The highest BCUT2D eigenvalue weighted by Crippen LogP contribution is 2.22. The summed E-state index contributed by atoms with van der Waals surface area (Å²) in [5, 5.41) is 11.5. The maximum Gasteiger partial charge on any atom is 0.337 e. The molecule has 0 fully saturated rings. The number of anilines is 1. The molecule has 1 rings (SSSR count). The van der Waals surface area contributed by atoms with Gasteiger partial charge in [-0.25, -0.2) is 17.5 Å². The minimum atomic E-state index is -4.02. The second-order valence-electron chi connectivity index (χ2n) is 4.31. The van der Waals surface area contributed by atoms with Gasteiger partial charge in [-0.2, -0.15) is 0 Å². The lowest BCUT2D eigenvalue weighted by atomic mass is 10.2. The summed E-state index contributed by atoms with van der Waals surface area (Å²) < 4.78 is 25.7. The summed E-state index contributed by atoms with van der Waals surface area (Å²) in [6.45, 7) is -0.0640. The molecule has 0 aliphatic carbocycles. The van der Waals surface area contributed by atoms with E-state index in [-0.39, 0.29) is 29.5 Å². The molecule has 0 aliphatic rings. The fraction of sp³-hybridized carbons (Fsp3) is 0.333. The second kappa shape index (κ2) is 6.55. The minimum Gasteiger partial charge on any atom is -0.478 e. The third kappa shape index (κ3) is 3.92. The van der Waals surface area contributed by atoms with Crippen molar-refractivity contribution in [2.75, 3.05) is 26.4 Å². The number of carboxylic acid groups (broad SMARTS) is 1. The Kier molecular flexibility index (Phi) is 5.28. The Bertz CT molecular complexity index is 657. The summed E-state index contributed by atoms with van der Waals surface area (Å²) in [6, 6.07) is 3.54. The molecule has 8 nitrogen and oxygen atoms in total. The molecule has 21 heavy (non-hydrogen) atoms. The molecule has 1 aromatic carbocycles. The molecule has 0 aromatic heterocycles. The van der Waals surface area contributed by atoms with Gasteiger partial charge in [-0.1, -0.05) is 0 Å². The molecule has 0 saturated heterocycles. The first-order valence-corrected chi connectivity index (χ1v) is 7.44. The van der Waals surface area contributed by atoms with Gasteiger partial charge in [-0.15, -0.1) is 0 Å². The normalized spacial score (nSPS) is 11.4. The number of aromatic carboxylic acids is 1. The Morgan fingerprint density at radius 2 is 2.00 bits per heavy atom. The van der Waals surface area contributed by atoms with Crippen molar-refractivity contribution >= 4 is 27.6 Å². The maximum absolute atomic E-state index is 12.4. The zero-order valence-corrected chi connectivity index (χ0v) is 12.5. The molecule has 116 valence electrons. The van der Waals surface area contributed by atoms with E-state index >= 15 is 0 Å². The first-order chi connectivity index (χ1) is 9.70. The maximum atomic E-state index is 12.4. The number of nitrogen functional groups attached to an aromatic ring is 1. The van der Waals surface area contributed by atoms with Gasteiger partial charge < -0.3 is 16.2 Å². The predicted molar refractivity (Wildman–Crippen MR) is 76.3 cm³/mol. The molecule has 0 bridgehead atoms. The number of hydrogen-bond acceptors (Lipinski definition) is 5. The molecule has 0 spiro atoms. The van der Waals surface area contributed by atoms with Crippen LogP contribution in [0.5, 0.6) is 0 Å². The van der Waals surface area contributed by atoms with E-state index in [9.17, 15) is 18.0 Å². The predicted octanol–water partition coefficient (Wildman–Crippen LogP) is -0.276. The van der Waals surface area contributed by atoms with E-state index in [4.69, 9.17) is 10.8 Å². The highest BCUT2D eigenvalue weighted by Gasteiger charge is 2.26. The zero-order chi connectivity index (χ0) is 16.2. The standard InChI is InChI=1S/C12H17N3O5S/c1-14-11(16)5-6-15(2)21(19,20)10-4-3-8(13)7-9(10)12(17)18/h3-4,7H,5-6,13H2,1-2H3,(H,14,16)(H,17,18). The lowest BCUT2D eigenvalue weighted by Gasteiger charge is -2.18. The summed E-state index contributed by atoms with van der Waals surface area (Å²) in [5.74, 6) is -1.70. The first kappa shape index (κ1) is 16.9. The van der Waals surface area contributed by atoms with E-state index in [1.165, 1.54) is 20.2 Å². The van der Waals surface area contributed by atoms with Gasteiger partial charge >= 0.3 is 5.97 Å². The average molecular weight is 315 g/mol. The van der Waals surface area contributed by atoms with Crippen molar-refractivity contribution in [3.63, 3.8) is 0 Å². The highest BCUT2D eigenvalue weighted by molar-refractivity contribution is 7.89. The van der Waals surface area contributed by atoms with E-state index in [1.807, 2.05) is 0 Å². The number of carbonyl (C=O) groups is 2. The van der Waals surface area contributed by atoms with Crippen molar-refractivity contribution in [2.24, 2.45) is 0 Å². The Labute approximate surface area is 122 Å². The van der Waals surface area contributed by atoms with Crippen LogP contribution in [-0.4, -0.2) is 50.3 Å². The Balaban J connectivity index is 3.13. The van der Waals surface area contributed by atoms with E-state index in [1.54, 1.807) is 0 Å². The fourth-order valence-electron chi connectivity index (χ4n) is 1.61. The number of nitrogens with two attached hydrogens (primary N) is 1. The molecular formula is C12H17N3O5S. The van der Waals surface area contributed by atoms with Crippen LogP contribution in [0.4, 0.5) is 5.69 Å². The van der Waals surface area contributed by atoms with Crippen LogP contribution in [0.1, 0.15) is 16.8 Å². The van der Waals surface area contributed by atoms with Crippen molar-refractivity contribution in [1.82, 2.24) is 9.62 Å². The fourth-order valence-corrected chi connectivity index (χ4v) is 2.94. The molecular weight excluding hydrogens is 298 g/mol. The van der Waals surface area contributed by atoms with E-state index < -0.39 is 21.6 Å². The largest absolute Gasteiger partial charge is 0.478 e. The zero-order valence-electron chi connectivity index (χ0n) is 11.7. The molecule has 0 atom stereocenters. The number of sulfonamides is 1. The van der Waals surface area contributed by atoms with Gasteiger partial charge in [0.1, 0.15) is 0 Å². The van der Waals surface area contributed by atoms with E-state index in [0.717, 1.165) is 16.4 Å². The number of nitrogens with one attached hydrogen (secondary N) is 1. The van der Waals surface area contributed by atoms with Crippen molar-refractivity contribution in [2.45, 2.75) is 11.3 Å². The van der Waals surface area contributed by atoms with Gasteiger partial charge in [0.05, 0.1) is 10.5 Å². The number of nitrogens with zero attached hydrogens (tertiary/aromatic N) is 1. The molecule has 0 unspecified atom stereocenters. The lowest BCUT2D eigenvalue weighted by molar-refractivity contribution is -0.120. The number of hydrogen-bond donors (Lipinski definition) is 3. The number of rotatable bonds is 6. The second-order valence-corrected chi connectivity index (χ2v) is 6.32. The van der Waals surface area contributed by atoms with Crippen molar-refractivity contribution in [1.29, 1.82) is 0 Å². The average Bonchev–Trinajstić information content (AvgIpc) is 2.43. The Morgan fingerprint density at radius 1 is 1.38 bits per heavy atom. The van der Waals surface area contributed by atoms with Crippen molar-refractivity contribution in [3.05, 3.63) is 23.8 Å². The number of benzene rings is 1. The molecule has 0 aliphatic heterocycles. The first-order valence-electron chi connectivity index (χ1n) is 6.00. The van der Waals surface area contributed by atoms with Crippen LogP contribution < -0.4 is 11.1 Å². The molecule has 0 radical (unpaired) electrons. The topological polar surface area (TPSA) is 130 Å². The summed E-state index contributed by atoms with van der Waals surface area (Å²) in [6.07, 6.45) is -0.0242. The number of carbonyl (C=O) groups excluding carboxylic acids is 1. The summed E-state index contributed by atoms with van der Waals surface area (Å²) >= 11 is 0. The van der Waals surface area contributed by atoms with Gasteiger partial charge in [0.15, 0.2) is 0 Å². The molecule has 1 amide bonds. The molecule has 4 N–H and O–H groups in total. The van der Waals surface area contributed by atoms with Crippen LogP contribution in [0.15, 0.2) is 23.1 Å². The summed E-state index contributed by atoms with van der Waals surface area (Å²) in [4.78, 5) is 22.0. The third-order valence-corrected chi connectivity index (χ3v) is 4.77. The van der Waals surface area contributed by atoms with Crippen LogP contribution in [0.25, 0.3) is 0 Å². The summed E-state index contributed by atoms with van der Waals surface area (Å²) in [7, 11) is -1.30. The van der Waals surface area contributed by atoms with Gasteiger partial charge in [0, 0.05) is 32.7 Å². The molecule has 0 heterocycles. The van der Waals surface area contributed by atoms with Gasteiger partial charge in [-0.05, 0) is 18.2 Å². The monoisotopic (exact) mass is 315 g/mol. The van der Waals surface area contributed by atoms with Crippen LogP contribution >= 0.6 is 0 Å². The molecule has 0 saturated carbocycles. The van der Waals surface area contributed by atoms with E-state index in [2.05, 4.69) is 5.32 Å². The number of carboxylic acids is 1. The molecule has 1 aromatic rings.